The second-order valence-electron chi connectivity index (χ2n) is 19.5. The molecule has 3 saturated heterocycles. The number of fused-ring (bicyclic) bond motifs is 2. The van der Waals surface area contributed by atoms with Crippen LogP contribution in [0.5, 0.6) is 0 Å². The molecule has 54 heavy (non-hydrogen) atoms. The molecule has 4 fully saturated rings. The lowest BCUT2D eigenvalue weighted by atomic mass is 9.28. The van der Waals surface area contributed by atoms with E-state index < -0.39 is 16.4 Å². The summed E-state index contributed by atoms with van der Waals surface area (Å²) in [7, 11) is 0. The molecule has 0 amide bonds. The van der Waals surface area contributed by atoms with Crippen LogP contribution >= 0.6 is 0 Å². The van der Waals surface area contributed by atoms with Gasteiger partial charge in [-0.2, -0.15) is 0 Å². The van der Waals surface area contributed by atoms with E-state index in [9.17, 15) is 4.79 Å². The number of nitrogens with zero attached hydrogens (tertiary/aromatic N) is 2. The van der Waals surface area contributed by atoms with Crippen molar-refractivity contribution < 1.29 is 19.1 Å². The molecular weight excluding hydrogens is 671 g/mol. The summed E-state index contributed by atoms with van der Waals surface area (Å²) in [5, 5.41) is 0. The molecule has 288 valence electrons. The summed E-state index contributed by atoms with van der Waals surface area (Å²) in [5.74, 6) is 3.51. The SMILES string of the molecule is CCCC1CC=C2OC(=O)C34C5=C(CCC23C2(OC(=O)c3c(CCCN)cccc32)C4CCC)C2C3=C(CCC4C6CC(CN1C6)CN34)CC(C)C2CC5. The van der Waals surface area contributed by atoms with Gasteiger partial charge in [-0.3, -0.25) is 9.69 Å². The van der Waals surface area contributed by atoms with Gasteiger partial charge in [0.25, 0.3) is 0 Å². The summed E-state index contributed by atoms with van der Waals surface area (Å²) in [6, 6.07) is 7.45. The first kappa shape index (κ1) is 34.4. The third-order valence-electron chi connectivity index (χ3n) is 17.4. The van der Waals surface area contributed by atoms with Crippen LogP contribution in [0.15, 0.2) is 52.5 Å². The Morgan fingerprint density at radius 3 is 2.72 bits per heavy atom. The largest absolute Gasteiger partial charge is 0.449 e. The zero-order valence-corrected chi connectivity index (χ0v) is 33.0. The summed E-state index contributed by atoms with van der Waals surface area (Å²) in [6.07, 6.45) is 17.8. The van der Waals surface area contributed by atoms with E-state index in [1.165, 1.54) is 50.9 Å². The molecule has 1 aromatic carbocycles. The Morgan fingerprint density at radius 2 is 1.89 bits per heavy atom. The standard InChI is InChI=1S/C47H61N3O4/c1-4-8-32-14-18-39-45-20-19-34-35(16-15-33-27(3)22-30-13-17-37-31-23-28(24-49(32)26-31)25-50(37)42(30)41(33)34)46(45,44(52)53-39)38(9-5-2)47(45)36-12-6-10-29(11-7-21-48)40(36)43(51)54-47/h6,10,12,18,27-28,31-33,37-38,41H,4-5,7-9,11,13-17,19-26,48H2,1-3H3. The van der Waals surface area contributed by atoms with Crippen molar-refractivity contribution in [3.05, 3.63) is 69.1 Å². The van der Waals surface area contributed by atoms with Gasteiger partial charge in [0.05, 0.1) is 11.0 Å². The number of allylic oxidation sites excluding steroid dienone is 2. The van der Waals surface area contributed by atoms with Crippen molar-refractivity contribution in [2.75, 3.05) is 26.2 Å². The minimum atomic E-state index is -0.919. The van der Waals surface area contributed by atoms with Gasteiger partial charge in [-0.05, 0) is 125 Å². The average Bonchev–Trinajstić information content (AvgIpc) is 3.62. The summed E-state index contributed by atoms with van der Waals surface area (Å²) in [4.78, 5) is 35.8. The number of benzene rings is 1. The van der Waals surface area contributed by atoms with Crippen LogP contribution in [0.2, 0.25) is 0 Å². The Hall–Kier alpha value is -2.90. The summed E-state index contributed by atoms with van der Waals surface area (Å²) >= 11 is 0. The fourth-order valence-corrected chi connectivity index (χ4v) is 15.9. The Bertz CT molecular complexity index is 1910. The van der Waals surface area contributed by atoms with Crippen molar-refractivity contribution in [2.45, 2.75) is 135 Å². The molecule has 12 bridgehead atoms. The molecule has 12 atom stereocenters. The third-order valence-corrected chi connectivity index (χ3v) is 17.4. The Kier molecular flexibility index (Phi) is 7.67. The van der Waals surface area contributed by atoms with Gasteiger partial charge in [-0.1, -0.05) is 68.5 Å². The van der Waals surface area contributed by atoms with Crippen molar-refractivity contribution >= 4 is 11.9 Å². The lowest BCUT2D eigenvalue weighted by molar-refractivity contribution is -0.277. The molecular formula is C47H61N3O4. The molecule has 0 aromatic heterocycles. The van der Waals surface area contributed by atoms with Gasteiger partial charge in [-0.25, -0.2) is 4.79 Å². The van der Waals surface area contributed by atoms with Crippen molar-refractivity contribution in [2.24, 2.45) is 52.1 Å². The second-order valence-corrected chi connectivity index (χ2v) is 19.5. The van der Waals surface area contributed by atoms with E-state index in [4.69, 9.17) is 15.2 Å². The minimum absolute atomic E-state index is 0.0481. The maximum Gasteiger partial charge on any atom is 0.339 e. The number of carbonyl (C=O) groups is 2. The van der Waals surface area contributed by atoms with Crippen molar-refractivity contribution in [1.29, 1.82) is 0 Å². The normalized spacial score (nSPS) is 43.5. The molecule has 12 unspecified atom stereocenters. The number of nitrogens with two attached hydrogens (primary N) is 1. The van der Waals surface area contributed by atoms with Crippen molar-refractivity contribution in [3.63, 3.8) is 0 Å². The number of hydrogen-bond donors (Lipinski definition) is 1. The molecule has 0 radical (unpaired) electrons. The molecule has 13 aliphatic rings. The zero-order valence-electron chi connectivity index (χ0n) is 33.0. The lowest BCUT2D eigenvalue weighted by Gasteiger charge is -2.72. The van der Waals surface area contributed by atoms with Crippen LogP contribution in [-0.2, 0) is 26.3 Å². The Morgan fingerprint density at radius 1 is 1.02 bits per heavy atom. The van der Waals surface area contributed by atoms with E-state index in [-0.39, 0.29) is 17.9 Å². The second kappa shape index (κ2) is 12.1. The molecule has 2 N–H and O–H groups in total. The van der Waals surface area contributed by atoms with Gasteiger partial charge in [0.2, 0.25) is 0 Å². The van der Waals surface area contributed by atoms with Gasteiger partial charge in [0, 0.05) is 54.8 Å². The molecule has 2 spiro atoms. The number of ether oxygens (including phenoxy) is 2. The van der Waals surface area contributed by atoms with E-state index in [0.29, 0.717) is 42.3 Å². The molecule has 1 saturated carbocycles. The zero-order chi connectivity index (χ0) is 36.7. The summed E-state index contributed by atoms with van der Waals surface area (Å²) in [5.41, 5.74) is 12.8. The van der Waals surface area contributed by atoms with Crippen LogP contribution in [0, 0.1) is 46.3 Å². The molecule has 7 heteroatoms. The average molecular weight is 732 g/mol. The smallest absolute Gasteiger partial charge is 0.339 e. The molecule has 9 heterocycles. The highest BCUT2D eigenvalue weighted by molar-refractivity contribution is 6.00. The maximum atomic E-state index is 15.4. The highest BCUT2D eigenvalue weighted by atomic mass is 16.6. The highest BCUT2D eigenvalue weighted by Gasteiger charge is 2.92. The van der Waals surface area contributed by atoms with Crippen LogP contribution in [0.25, 0.3) is 0 Å². The first-order chi connectivity index (χ1) is 26.3. The van der Waals surface area contributed by atoms with Gasteiger partial charge in [0.15, 0.2) is 5.60 Å². The number of carbonyl (C=O) groups excluding carboxylic acids is 2. The first-order valence-electron chi connectivity index (χ1n) is 22.3. The van der Waals surface area contributed by atoms with Crippen LogP contribution in [0.4, 0.5) is 0 Å². The monoisotopic (exact) mass is 731 g/mol. The number of hydrogen-bond acceptors (Lipinski definition) is 7. The molecule has 4 aliphatic carbocycles. The lowest BCUT2D eigenvalue weighted by Crippen LogP contribution is -2.77. The molecule has 9 aliphatic heterocycles. The van der Waals surface area contributed by atoms with Crippen LogP contribution in [-0.4, -0.2) is 60.0 Å². The highest BCUT2D eigenvalue weighted by Crippen LogP contribution is 2.87. The number of aryl methyl sites for hydroxylation is 1. The molecule has 1 aromatic rings. The maximum absolute atomic E-state index is 15.4. The topological polar surface area (TPSA) is 85.1 Å². The molecule has 14 rings (SSSR count). The van der Waals surface area contributed by atoms with Crippen LogP contribution < -0.4 is 5.73 Å². The number of rotatable bonds is 7. The summed E-state index contributed by atoms with van der Waals surface area (Å²) < 4.78 is 14.0. The van der Waals surface area contributed by atoms with Gasteiger partial charge in [0.1, 0.15) is 11.2 Å². The van der Waals surface area contributed by atoms with E-state index in [1.807, 2.05) is 0 Å². The fourth-order valence-electron chi connectivity index (χ4n) is 15.9. The Labute approximate surface area is 322 Å². The van der Waals surface area contributed by atoms with E-state index in [2.05, 4.69) is 54.8 Å². The number of esters is 2. The molecule has 7 nitrogen and oxygen atoms in total. The number of piperidine rings is 2. The first-order valence-corrected chi connectivity index (χ1v) is 22.3. The third kappa shape index (κ3) is 3.97. The van der Waals surface area contributed by atoms with Gasteiger partial charge in [-0.15, -0.1) is 0 Å². The minimum Gasteiger partial charge on any atom is -0.449 e. The van der Waals surface area contributed by atoms with Gasteiger partial charge < -0.3 is 20.1 Å². The predicted octanol–water partition coefficient (Wildman–Crippen LogP) is 8.19. The van der Waals surface area contributed by atoms with Gasteiger partial charge >= 0.3 is 11.9 Å². The predicted molar refractivity (Wildman–Crippen MR) is 208 cm³/mol. The van der Waals surface area contributed by atoms with Crippen molar-refractivity contribution in [3.8, 4) is 0 Å². The van der Waals surface area contributed by atoms with E-state index >= 15 is 4.79 Å². The Balaban J connectivity index is 1.18. The van der Waals surface area contributed by atoms with Crippen LogP contribution in [0.3, 0.4) is 0 Å². The van der Waals surface area contributed by atoms with E-state index in [0.717, 1.165) is 99.0 Å². The summed E-state index contributed by atoms with van der Waals surface area (Å²) in [6.45, 7) is 11.2. The fraction of sp³-hybridized carbons (Fsp3) is 0.702. The van der Waals surface area contributed by atoms with Crippen LogP contribution in [0.1, 0.15) is 132 Å². The van der Waals surface area contributed by atoms with Crippen molar-refractivity contribution in [1.82, 2.24) is 9.80 Å². The van der Waals surface area contributed by atoms with E-state index in [1.54, 1.807) is 16.8 Å². The quantitative estimate of drug-likeness (QED) is 0.224.